The number of benzene rings is 1. The summed E-state index contributed by atoms with van der Waals surface area (Å²) < 4.78 is 0. The first kappa shape index (κ1) is 18.6. The van der Waals surface area contributed by atoms with E-state index in [0.717, 1.165) is 37.8 Å². The van der Waals surface area contributed by atoms with Crippen LogP contribution >= 0.6 is 11.6 Å². The van der Waals surface area contributed by atoms with E-state index in [1.54, 1.807) is 11.9 Å². The van der Waals surface area contributed by atoms with E-state index in [4.69, 9.17) is 11.6 Å². The normalized spacial score (nSPS) is 15.1. The smallest absolute Gasteiger partial charge is 0.317 e. The second-order valence-corrected chi connectivity index (χ2v) is 6.63. The molecule has 5 nitrogen and oxygen atoms in total. The van der Waals surface area contributed by atoms with Gasteiger partial charge in [-0.25, -0.2) is 4.79 Å². The van der Waals surface area contributed by atoms with Crippen LogP contribution in [0.2, 0.25) is 5.02 Å². The maximum atomic E-state index is 12.1. The second-order valence-electron chi connectivity index (χ2n) is 6.22. The zero-order chi connectivity index (χ0) is 17.4. The summed E-state index contributed by atoms with van der Waals surface area (Å²) in [6, 6.07) is 7.39. The molecule has 1 aliphatic heterocycles. The van der Waals surface area contributed by atoms with Gasteiger partial charge < -0.3 is 15.1 Å². The molecule has 0 spiro atoms. The molecule has 1 N–H and O–H groups in total. The Kier molecular flexibility index (Phi) is 7.37. The molecule has 1 aliphatic rings. The first-order chi connectivity index (χ1) is 11.6. The van der Waals surface area contributed by atoms with Gasteiger partial charge >= 0.3 is 6.03 Å². The highest BCUT2D eigenvalue weighted by atomic mass is 35.5. The molecule has 1 aromatic rings. The number of halogens is 1. The fourth-order valence-corrected chi connectivity index (χ4v) is 3.02. The van der Waals surface area contributed by atoms with Crippen molar-refractivity contribution in [3.05, 3.63) is 34.9 Å². The van der Waals surface area contributed by atoms with Gasteiger partial charge in [0.2, 0.25) is 5.91 Å². The fourth-order valence-electron chi connectivity index (χ4n) is 2.83. The van der Waals surface area contributed by atoms with Crippen molar-refractivity contribution in [2.45, 2.75) is 38.6 Å². The summed E-state index contributed by atoms with van der Waals surface area (Å²) in [6.07, 6.45) is 4.65. The lowest BCUT2D eigenvalue weighted by atomic mass is 10.2. The number of hydrogen-bond donors (Lipinski definition) is 1. The minimum Gasteiger partial charge on any atom is -0.343 e. The van der Waals surface area contributed by atoms with E-state index >= 15 is 0 Å². The molecular formula is C18H26ClN3O2. The van der Waals surface area contributed by atoms with E-state index in [9.17, 15) is 9.59 Å². The van der Waals surface area contributed by atoms with Crippen LogP contribution in [-0.2, 0) is 11.3 Å². The summed E-state index contributed by atoms with van der Waals surface area (Å²) in [7, 11) is 1.75. The maximum Gasteiger partial charge on any atom is 0.317 e. The summed E-state index contributed by atoms with van der Waals surface area (Å²) in [4.78, 5) is 27.6. The molecule has 1 heterocycles. The Bertz CT molecular complexity index is 565. The average Bonchev–Trinajstić information content (AvgIpc) is 2.78. The van der Waals surface area contributed by atoms with E-state index in [1.165, 1.54) is 0 Å². The number of nitrogens with zero attached hydrogens (tertiary/aromatic N) is 2. The van der Waals surface area contributed by atoms with E-state index in [1.807, 2.05) is 29.2 Å². The van der Waals surface area contributed by atoms with E-state index in [0.29, 0.717) is 31.1 Å². The number of nitrogens with one attached hydrogen (secondary N) is 1. The highest BCUT2D eigenvalue weighted by molar-refractivity contribution is 6.31. The third-order valence-corrected chi connectivity index (χ3v) is 4.63. The molecule has 0 radical (unpaired) electrons. The quantitative estimate of drug-likeness (QED) is 0.800. The van der Waals surface area contributed by atoms with Crippen LogP contribution in [-0.4, -0.2) is 48.4 Å². The molecule has 1 saturated heterocycles. The number of urea groups is 1. The van der Waals surface area contributed by atoms with Crippen molar-refractivity contribution in [1.82, 2.24) is 15.1 Å². The van der Waals surface area contributed by atoms with Gasteiger partial charge in [-0.1, -0.05) is 36.2 Å². The van der Waals surface area contributed by atoms with Gasteiger partial charge in [0.15, 0.2) is 0 Å². The van der Waals surface area contributed by atoms with Gasteiger partial charge in [-0.15, -0.1) is 0 Å². The fraction of sp³-hybridized carbons (Fsp3) is 0.556. The topological polar surface area (TPSA) is 52.7 Å². The third kappa shape index (κ3) is 5.71. The van der Waals surface area contributed by atoms with Crippen LogP contribution in [0.15, 0.2) is 24.3 Å². The predicted molar refractivity (Wildman–Crippen MR) is 96.0 cm³/mol. The highest BCUT2D eigenvalue weighted by Crippen LogP contribution is 2.16. The average molecular weight is 352 g/mol. The number of amides is 3. The minimum atomic E-state index is -0.128. The highest BCUT2D eigenvalue weighted by Gasteiger charge is 2.16. The van der Waals surface area contributed by atoms with Gasteiger partial charge in [0.05, 0.1) is 0 Å². The van der Waals surface area contributed by atoms with Crippen LogP contribution < -0.4 is 5.32 Å². The molecule has 1 fully saturated rings. The minimum absolute atomic E-state index is 0.128. The van der Waals surface area contributed by atoms with Crippen molar-refractivity contribution >= 4 is 23.5 Å². The van der Waals surface area contributed by atoms with Gasteiger partial charge in [-0.2, -0.15) is 0 Å². The Hall–Kier alpha value is -1.75. The Labute approximate surface area is 149 Å². The molecule has 0 bridgehead atoms. The lowest BCUT2D eigenvalue weighted by molar-refractivity contribution is -0.130. The first-order valence-electron chi connectivity index (χ1n) is 8.58. The van der Waals surface area contributed by atoms with Crippen LogP contribution in [0.1, 0.15) is 37.7 Å². The van der Waals surface area contributed by atoms with Crippen LogP contribution in [0.25, 0.3) is 0 Å². The van der Waals surface area contributed by atoms with E-state index in [2.05, 4.69) is 5.32 Å². The molecule has 132 valence electrons. The molecule has 0 atom stereocenters. The van der Waals surface area contributed by atoms with Crippen LogP contribution in [0.3, 0.4) is 0 Å². The Morgan fingerprint density at radius 1 is 1.29 bits per heavy atom. The van der Waals surface area contributed by atoms with E-state index < -0.39 is 0 Å². The molecule has 0 aliphatic carbocycles. The molecule has 0 aromatic heterocycles. The van der Waals surface area contributed by atoms with E-state index in [-0.39, 0.29) is 11.9 Å². The van der Waals surface area contributed by atoms with Crippen molar-refractivity contribution in [3.63, 3.8) is 0 Å². The standard InChI is InChI=1S/C18H26ClN3O2/c1-21(14-15-8-4-5-9-16(15)19)18(24)20-11-7-13-22-12-6-2-3-10-17(22)23/h4-5,8-9H,2-3,6-7,10-14H2,1H3,(H,20,24). The predicted octanol–water partition coefficient (Wildman–Crippen LogP) is 3.27. The molecular weight excluding hydrogens is 326 g/mol. The van der Waals surface area contributed by atoms with Crippen molar-refractivity contribution in [1.29, 1.82) is 0 Å². The van der Waals surface area contributed by atoms with Crippen LogP contribution in [0.4, 0.5) is 4.79 Å². The Morgan fingerprint density at radius 3 is 2.88 bits per heavy atom. The zero-order valence-corrected chi connectivity index (χ0v) is 15.0. The van der Waals surface area contributed by atoms with Crippen LogP contribution in [0, 0.1) is 0 Å². The second kappa shape index (κ2) is 9.52. The number of likely N-dealkylation sites (tertiary alicyclic amines) is 1. The summed E-state index contributed by atoms with van der Waals surface area (Å²) in [5, 5.41) is 3.56. The molecule has 1 aromatic carbocycles. The third-order valence-electron chi connectivity index (χ3n) is 4.26. The van der Waals surface area contributed by atoms with Crippen LogP contribution in [0.5, 0.6) is 0 Å². The van der Waals surface area contributed by atoms with Crippen molar-refractivity contribution in [2.24, 2.45) is 0 Å². The molecule has 6 heteroatoms. The maximum absolute atomic E-state index is 12.1. The van der Waals surface area contributed by atoms with Gasteiger partial charge in [-0.05, 0) is 30.9 Å². The number of hydrogen-bond acceptors (Lipinski definition) is 2. The van der Waals surface area contributed by atoms with Gasteiger partial charge in [0.1, 0.15) is 0 Å². The molecule has 0 unspecified atom stereocenters. The molecule has 0 saturated carbocycles. The summed E-state index contributed by atoms with van der Waals surface area (Å²) in [5.74, 6) is 0.245. The summed E-state index contributed by atoms with van der Waals surface area (Å²) in [5.41, 5.74) is 0.923. The zero-order valence-electron chi connectivity index (χ0n) is 14.3. The summed E-state index contributed by atoms with van der Waals surface area (Å²) >= 11 is 6.12. The Morgan fingerprint density at radius 2 is 2.08 bits per heavy atom. The molecule has 24 heavy (non-hydrogen) atoms. The van der Waals surface area contributed by atoms with Gasteiger partial charge in [0.25, 0.3) is 0 Å². The number of rotatable bonds is 6. The Balaban J connectivity index is 1.69. The SMILES string of the molecule is CN(Cc1ccccc1Cl)C(=O)NCCCN1CCCCCC1=O. The lowest BCUT2D eigenvalue weighted by Gasteiger charge is -2.21. The molecule has 2 rings (SSSR count). The van der Waals surface area contributed by atoms with Crippen molar-refractivity contribution < 1.29 is 9.59 Å². The number of carbonyl (C=O) groups excluding carboxylic acids is 2. The lowest BCUT2D eigenvalue weighted by Crippen LogP contribution is -2.39. The molecule has 3 amide bonds. The monoisotopic (exact) mass is 351 g/mol. The summed E-state index contributed by atoms with van der Waals surface area (Å²) in [6.45, 7) is 2.60. The first-order valence-corrected chi connectivity index (χ1v) is 8.96. The van der Waals surface area contributed by atoms with Crippen molar-refractivity contribution in [3.8, 4) is 0 Å². The largest absolute Gasteiger partial charge is 0.343 e. The van der Waals surface area contributed by atoms with Gasteiger partial charge in [-0.3, -0.25) is 4.79 Å². The number of carbonyl (C=O) groups is 2. The van der Waals surface area contributed by atoms with Gasteiger partial charge in [0, 0.05) is 44.7 Å². The van der Waals surface area contributed by atoms with Crippen molar-refractivity contribution in [2.75, 3.05) is 26.7 Å².